The SMILES string of the molecule is COC(=O)c1ccc(NC(=O)COC(=O)CCC(=O)Nc2ccc(Br)cc2C)cc1. The Morgan fingerprint density at radius 2 is 1.63 bits per heavy atom. The number of carbonyl (C=O) groups excluding carboxylic acids is 4. The van der Waals surface area contributed by atoms with Gasteiger partial charge in [-0.1, -0.05) is 15.9 Å². The standard InChI is InChI=1S/C21H21BrN2O6/c1-13-11-15(22)5-8-17(13)24-18(25)9-10-20(27)30-12-19(26)23-16-6-3-14(4-7-16)21(28)29-2/h3-8,11H,9-10,12H2,1-2H3,(H,23,26)(H,24,25). The Labute approximate surface area is 182 Å². The molecule has 2 rings (SSSR count). The zero-order valence-corrected chi connectivity index (χ0v) is 18.1. The Morgan fingerprint density at radius 1 is 0.933 bits per heavy atom. The molecule has 0 saturated heterocycles. The first-order chi connectivity index (χ1) is 14.3. The lowest BCUT2D eigenvalue weighted by Crippen LogP contribution is -2.22. The highest BCUT2D eigenvalue weighted by Gasteiger charge is 2.12. The number of rotatable bonds is 8. The number of esters is 2. The number of carbonyl (C=O) groups is 4. The first-order valence-corrected chi connectivity index (χ1v) is 9.77. The van der Waals surface area contributed by atoms with Crippen LogP contribution >= 0.6 is 15.9 Å². The van der Waals surface area contributed by atoms with Crippen molar-refractivity contribution in [2.45, 2.75) is 19.8 Å². The predicted molar refractivity (Wildman–Crippen MR) is 114 cm³/mol. The molecule has 9 heteroatoms. The fourth-order valence-electron chi connectivity index (χ4n) is 2.42. The van der Waals surface area contributed by atoms with Gasteiger partial charge in [-0.3, -0.25) is 14.4 Å². The number of halogens is 1. The van der Waals surface area contributed by atoms with Crippen molar-refractivity contribution >= 4 is 51.1 Å². The molecule has 0 aliphatic rings. The van der Waals surface area contributed by atoms with Gasteiger partial charge in [0, 0.05) is 22.3 Å². The van der Waals surface area contributed by atoms with E-state index in [0.717, 1.165) is 10.0 Å². The van der Waals surface area contributed by atoms with Crippen molar-refractivity contribution in [1.82, 2.24) is 0 Å². The Morgan fingerprint density at radius 3 is 2.27 bits per heavy atom. The molecule has 2 amide bonds. The van der Waals surface area contributed by atoms with Crippen molar-refractivity contribution in [3.05, 3.63) is 58.1 Å². The second kappa shape index (κ2) is 11.1. The van der Waals surface area contributed by atoms with E-state index < -0.39 is 24.5 Å². The molecule has 0 aromatic heterocycles. The molecule has 2 N–H and O–H groups in total. The van der Waals surface area contributed by atoms with Crippen LogP contribution in [0.3, 0.4) is 0 Å². The Hall–Kier alpha value is -3.20. The summed E-state index contributed by atoms with van der Waals surface area (Å²) in [7, 11) is 1.28. The summed E-state index contributed by atoms with van der Waals surface area (Å²) in [6.07, 6.45) is -0.215. The molecule has 0 heterocycles. The van der Waals surface area contributed by atoms with Gasteiger partial charge in [0.05, 0.1) is 19.1 Å². The first-order valence-electron chi connectivity index (χ1n) is 8.98. The minimum absolute atomic E-state index is 0.0645. The van der Waals surface area contributed by atoms with Crippen molar-refractivity contribution in [2.24, 2.45) is 0 Å². The van der Waals surface area contributed by atoms with Crippen LogP contribution in [-0.2, 0) is 23.9 Å². The van der Waals surface area contributed by atoms with E-state index in [2.05, 4.69) is 31.3 Å². The molecule has 0 fully saturated rings. The van der Waals surface area contributed by atoms with Crippen LogP contribution in [0.5, 0.6) is 0 Å². The second-order valence-corrected chi connectivity index (χ2v) is 7.20. The summed E-state index contributed by atoms with van der Waals surface area (Å²) in [5.74, 6) is -2.01. The minimum Gasteiger partial charge on any atom is -0.465 e. The molecule has 0 radical (unpaired) electrons. The summed E-state index contributed by atoms with van der Waals surface area (Å²) in [5, 5.41) is 5.27. The van der Waals surface area contributed by atoms with E-state index >= 15 is 0 Å². The van der Waals surface area contributed by atoms with E-state index in [0.29, 0.717) is 16.9 Å². The van der Waals surface area contributed by atoms with Crippen LogP contribution in [0.2, 0.25) is 0 Å². The summed E-state index contributed by atoms with van der Waals surface area (Å²) < 4.78 is 10.4. The van der Waals surface area contributed by atoms with E-state index in [1.165, 1.54) is 31.4 Å². The predicted octanol–water partition coefficient (Wildman–Crippen LogP) is 3.44. The Balaban J connectivity index is 1.71. The molecule has 30 heavy (non-hydrogen) atoms. The minimum atomic E-state index is -0.658. The molecule has 0 bridgehead atoms. The van der Waals surface area contributed by atoms with Crippen LogP contribution in [0, 0.1) is 6.92 Å². The van der Waals surface area contributed by atoms with Gasteiger partial charge < -0.3 is 20.1 Å². The Kier molecular flexibility index (Phi) is 8.54. The van der Waals surface area contributed by atoms with Crippen molar-refractivity contribution in [3.8, 4) is 0 Å². The smallest absolute Gasteiger partial charge is 0.337 e. The number of anilines is 2. The maximum atomic E-state index is 12.0. The lowest BCUT2D eigenvalue weighted by atomic mass is 10.2. The van der Waals surface area contributed by atoms with Crippen molar-refractivity contribution in [3.63, 3.8) is 0 Å². The summed E-state index contributed by atoms with van der Waals surface area (Å²) >= 11 is 3.35. The fraction of sp³-hybridized carbons (Fsp3) is 0.238. The molecule has 0 aliphatic carbocycles. The third-order valence-electron chi connectivity index (χ3n) is 3.97. The number of methoxy groups -OCH3 is 1. The van der Waals surface area contributed by atoms with Gasteiger partial charge in [0.25, 0.3) is 5.91 Å². The summed E-state index contributed by atoms with van der Waals surface area (Å²) in [4.78, 5) is 47.0. The lowest BCUT2D eigenvalue weighted by molar-refractivity contribution is -0.147. The van der Waals surface area contributed by atoms with Gasteiger partial charge in [0.1, 0.15) is 0 Å². The number of benzene rings is 2. The fourth-order valence-corrected chi connectivity index (χ4v) is 2.89. The van der Waals surface area contributed by atoms with Gasteiger partial charge in [0.15, 0.2) is 6.61 Å². The van der Waals surface area contributed by atoms with Gasteiger partial charge in [-0.25, -0.2) is 4.79 Å². The largest absolute Gasteiger partial charge is 0.465 e. The van der Waals surface area contributed by atoms with Crippen LogP contribution in [0.1, 0.15) is 28.8 Å². The monoisotopic (exact) mass is 476 g/mol. The topological polar surface area (TPSA) is 111 Å². The summed E-state index contributed by atoms with van der Waals surface area (Å²) in [5.41, 5.74) is 2.33. The van der Waals surface area contributed by atoms with E-state index in [-0.39, 0.29) is 18.7 Å². The van der Waals surface area contributed by atoms with Crippen LogP contribution in [0.25, 0.3) is 0 Å². The van der Waals surface area contributed by atoms with Crippen LogP contribution < -0.4 is 10.6 Å². The molecular formula is C21H21BrN2O6. The molecular weight excluding hydrogens is 456 g/mol. The van der Waals surface area contributed by atoms with Gasteiger partial charge in [0.2, 0.25) is 5.91 Å². The van der Waals surface area contributed by atoms with Crippen LogP contribution in [0.4, 0.5) is 11.4 Å². The maximum Gasteiger partial charge on any atom is 0.337 e. The zero-order chi connectivity index (χ0) is 22.1. The van der Waals surface area contributed by atoms with Gasteiger partial charge >= 0.3 is 11.9 Å². The molecule has 0 spiro atoms. The normalized spacial score (nSPS) is 10.1. The van der Waals surface area contributed by atoms with Gasteiger partial charge in [-0.2, -0.15) is 0 Å². The molecule has 0 unspecified atom stereocenters. The highest BCUT2D eigenvalue weighted by molar-refractivity contribution is 9.10. The van der Waals surface area contributed by atoms with E-state index in [9.17, 15) is 19.2 Å². The van der Waals surface area contributed by atoms with Crippen molar-refractivity contribution in [2.75, 3.05) is 24.4 Å². The highest BCUT2D eigenvalue weighted by atomic mass is 79.9. The van der Waals surface area contributed by atoms with Crippen LogP contribution in [-0.4, -0.2) is 37.5 Å². The van der Waals surface area contributed by atoms with Crippen molar-refractivity contribution in [1.29, 1.82) is 0 Å². The number of ether oxygens (including phenoxy) is 2. The van der Waals surface area contributed by atoms with E-state index in [1.807, 2.05) is 13.0 Å². The number of hydrogen-bond donors (Lipinski definition) is 2. The number of aryl methyl sites for hydroxylation is 1. The molecule has 0 aliphatic heterocycles. The number of hydrogen-bond acceptors (Lipinski definition) is 6. The molecule has 2 aromatic carbocycles. The summed E-state index contributed by atoms with van der Waals surface area (Å²) in [6, 6.07) is 11.5. The first kappa shape index (κ1) is 23.1. The second-order valence-electron chi connectivity index (χ2n) is 6.29. The van der Waals surface area contributed by atoms with E-state index in [4.69, 9.17) is 4.74 Å². The van der Waals surface area contributed by atoms with Gasteiger partial charge in [-0.15, -0.1) is 0 Å². The molecule has 8 nitrogen and oxygen atoms in total. The van der Waals surface area contributed by atoms with Gasteiger partial charge in [-0.05, 0) is 55.0 Å². The van der Waals surface area contributed by atoms with Crippen LogP contribution in [0.15, 0.2) is 46.9 Å². The highest BCUT2D eigenvalue weighted by Crippen LogP contribution is 2.20. The third kappa shape index (κ3) is 7.32. The number of amides is 2. The van der Waals surface area contributed by atoms with E-state index in [1.54, 1.807) is 12.1 Å². The Bertz CT molecular complexity index is 943. The third-order valence-corrected chi connectivity index (χ3v) is 4.47. The molecule has 0 atom stereocenters. The summed E-state index contributed by atoms with van der Waals surface area (Å²) in [6.45, 7) is 1.38. The molecule has 0 saturated carbocycles. The molecule has 2 aromatic rings. The average Bonchev–Trinajstić information content (AvgIpc) is 2.72. The maximum absolute atomic E-state index is 12.0. The molecule has 158 valence electrons. The quantitative estimate of drug-likeness (QED) is 0.564. The number of nitrogens with one attached hydrogen (secondary N) is 2. The van der Waals surface area contributed by atoms with Crippen molar-refractivity contribution < 1.29 is 28.7 Å². The lowest BCUT2D eigenvalue weighted by Gasteiger charge is -2.09. The zero-order valence-electron chi connectivity index (χ0n) is 16.5. The average molecular weight is 477 g/mol.